The van der Waals surface area contributed by atoms with E-state index in [1.54, 1.807) is 0 Å². The minimum absolute atomic E-state index is 0.0834. The molecule has 1 N–H and O–H groups in total. The second kappa shape index (κ2) is 5.69. The van der Waals surface area contributed by atoms with Crippen LogP contribution in [-0.4, -0.2) is 30.0 Å². The van der Waals surface area contributed by atoms with E-state index in [0.29, 0.717) is 13.0 Å². The summed E-state index contributed by atoms with van der Waals surface area (Å²) in [4.78, 5) is 0. The molecule has 3 unspecified atom stereocenters. The summed E-state index contributed by atoms with van der Waals surface area (Å²) < 4.78 is 13.1. The second-order valence-electron chi connectivity index (χ2n) is 3.93. The van der Waals surface area contributed by atoms with E-state index in [0.717, 1.165) is 14.7 Å². The molecular weight excluding hydrogens is 352 g/mol. The first kappa shape index (κ1) is 13.3. The van der Waals surface area contributed by atoms with Gasteiger partial charge in [-0.05, 0) is 50.9 Å². The fourth-order valence-electron chi connectivity index (χ4n) is 1.83. The van der Waals surface area contributed by atoms with Crippen molar-refractivity contribution in [3.05, 3.63) is 27.1 Å². The number of hydrogen-bond acceptors (Lipinski definition) is 3. The summed E-state index contributed by atoms with van der Waals surface area (Å²) in [7, 11) is 0. The highest BCUT2D eigenvalue weighted by Gasteiger charge is 2.43. The molecular formula is C12H14Br2O3. The maximum absolute atomic E-state index is 9.60. The third kappa shape index (κ3) is 2.84. The molecule has 5 heteroatoms. The smallest absolute Gasteiger partial charge is 0.148 e. The zero-order valence-corrected chi connectivity index (χ0v) is 12.6. The molecule has 0 saturated heterocycles. The molecule has 2 rings (SSSR count). The number of para-hydroxylation sites is 1. The summed E-state index contributed by atoms with van der Waals surface area (Å²) in [5.41, 5.74) is 0. The molecule has 1 fully saturated rings. The van der Waals surface area contributed by atoms with Crippen LogP contribution in [0.25, 0.3) is 0 Å². The second-order valence-corrected chi connectivity index (χ2v) is 5.64. The van der Waals surface area contributed by atoms with Crippen LogP contribution in [0.4, 0.5) is 0 Å². The molecule has 1 aliphatic carbocycles. The van der Waals surface area contributed by atoms with Gasteiger partial charge < -0.3 is 14.6 Å². The van der Waals surface area contributed by atoms with Gasteiger partial charge in [0.1, 0.15) is 18.0 Å². The van der Waals surface area contributed by atoms with Gasteiger partial charge in [0.25, 0.3) is 0 Å². The van der Waals surface area contributed by atoms with Crippen LogP contribution in [0.2, 0.25) is 0 Å². The lowest BCUT2D eigenvalue weighted by Gasteiger charge is -2.40. The van der Waals surface area contributed by atoms with Crippen LogP contribution >= 0.6 is 31.9 Å². The normalized spacial score (nSPS) is 27.6. The summed E-state index contributed by atoms with van der Waals surface area (Å²) in [6.07, 6.45) is -0.113. The number of ether oxygens (including phenoxy) is 2. The highest BCUT2D eigenvalue weighted by molar-refractivity contribution is 9.11. The van der Waals surface area contributed by atoms with Crippen molar-refractivity contribution in [2.45, 2.75) is 31.7 Å². The third-order valence-corrected chi connectivity index (χ3v) is 4.02. The lowest BCUT2D eigenvalue weighted by atomic mass is 9.88. The van der Waals surface area contributed by atoms with Crippen LogP contribution in [0.1, 0.15) is 13.3 Å². The number of aliphatic hydroxyl groups excluding tert-OH is 1. The quantitative estimate of drug-likeness (QED) is 0.890. The van der Waals surface area contributed by atoms with E-state index in [9.17, 15) is 5.11 Å². The predicted molar refractivity (Wildman–Crippen MR) is 72.3 cm³/mol. The third-order valence-electron chi connectivity index (χ3n) is 2.77. The van der Waals surface area contributed by atoms with Crippen molar-refractivity contribution < 1.29 is 14.6 Å². The molecule has 3 nitrogen and oxygen atoms in total. The average Bonchev–Trinajstić information content (AvgIpc) is 2.29. The van der Waals surface area contributed by atoms with Crippen LogP contribution in [0.15, 0.2) is 27.1 Å². The van der Waals surface area contributed by atoms with E-state index < -0.39 is 6.10 Å². The van der Waals surface area contributed by atoms with Crippen LogP contribution in [-0.2, 0) is 4.74 Å². The number of rotatable bonds is 4. The lowest BCUT2D eigenvalue weighted by Crippen LogP contribution is -2.55. The van der Waals surface area contributed by atoms with E-state index in [4.69, 9.17) is 9.47 Å². The molecule has 1 aromatic rings. The topological polar surface area (TPSA) is 38.7 Å². The Hall–Kier alpha value is -0.100. The van der Waals surface area contributed by atoms with Gasteiger partial charge in [-0.3, -0.25) is 0 Å². The maximum Gasteiger partial charge on any atom is 0.148 e. The largest absolute Gasteiger partial charge is 0.485 e. The van der Waals surface area contributed by atoms with E-state index in [2.05, 4.69) is 31.9 Å². The van der Waals surface area contributed by atoms with Crippen molar-refractivity contribution in [1.82, 2.24) is 0 Å². The average molecular weight is 366 g/mol. The summed E-state index contributed by atoms with van der Waals surface area (Å²) in [6.45, 7) is 2.50. The maximum atomic E-state index is 9.60. The van der Waals surface area contributed by atoms with Gasteiger partial charge in [0.15, 0.2) is 0 Å². The number of benzene rings is 1. The Bertz CT molecular complexity index is 377. The molecule has 1 saturated carbocycles. The molecule has 94 valence electrons. The van der Waals surface area contributed by atoms with Gasteiger partial charge in [-0.2, -0.15) is 0 Å². The first-order valence-corrected chi connectivity index (χ1v) is 7.12. The SMILES string of the molecule is CCOC1C(O)CC1Oc1c(Br)cccc1Br. The Morgan fingerprint density at radius 1 is 1.35 bits per heavy atom. The number of halogens is 2. The van der Waals surface area contributed by atoms with Crippen molar-refractivity contribution in [3.63, 3.8) is 0 Å². The first-order valence-electron chi connectivity index (χ1n) is 5.53. The van der Waals surface area contributed by atoms with Crippen LogP contribution in [0.5, 0.6) is 5.75 Å². The van der Waals surface area contributed by atoms with Gasteiger partial charge in [-0.25, -0.2) is 0 Å². The molecule has 3 atom stereocenters. The Balaban J connectivity index is 2.06. The van der Waals surface area contributed by atoms with Crippen LogP contribution in [0.3, 0.4) is 0 Å². The number of hydrogen-bond donors (Lipinski definition) is 1. The Labute approximate surface area is 117 Å². The Morgan fingerprint density at radius 3 is 2.53 bits per heavy atom. The molecule has 0 radical (unpaired) electrons. The van der Waals surface area contributed by atoms with Gasteiger partial charge in [0, 0.05) is 13.0 Å². The van der Waals surface area contributed by atoms with E-state index in [1.807, 2.05) is 25.1 Å². The van der Waals surface area contributed by atoms with Gasteiger partial charge >= 0.3 is 0 Å². The zero-order valence-electron chi connectivity index (χ0n) is 9.40. The molecule has 0 heterocycles. The number of aliphatic hydroxyl groups is 1. The van der Waals surface area contributed by atoms with E-state index in [-0.39, 0.29) is 12.2 Å². The fraction of sp³-hybridized carbons (Fsp3) is 0.500. The highest BCUT2D eigenvalue weighted by atomic mass is 79.9. The molecule has 1 aliphatic rings. The molecule has 0 spiro atoms. The summed E-state index contributed by atoms with van der Waals surface area (Å²) in [5, 5.41) is 9.60. The van der Waals surface area contributed by atoms with Gasteiger partial charge in [0.2, 0.25) is 0 Å². The first-order chi connectivity index (χ1) is 8.13. The highest BCUT2D eigenvalue weighted by Crippen LogP contribution is 2.37. The van der Waals surface area contributed by atoms with Crippen molar-refractivity contribution in [2.75, 3.05) is 6.61 Å². The predicted octanol–water partition coefficient (Wildman–Crippen LogP) is 3.13. The monoisotopic (exact) mass is 364 g/mol. The molecule has 0 aromatic heterocycles. The van der Waals surface area contributed by atoms with E-state index >= 15 is 0 Å². The lowest BCUT2D eigenvalue weighted by molar-refractivity contribution is -0.160. The summed E-state index contributed by atoms with van der Waals surface area (Å²) >= 11 is 6.89. The van der Waals surface area contributed by atoms with Crippen LogP contribution < -0.4 is 4.74 Å². The standard InChI is InChI=1S/C12H14Br2O3/c1-2-16-12-9(15)6-10(12)17-11-7(13)4-3-5-8(11)14/h3-5,9-10,12,15H,2,6H2,1H3. The summed E-state index contributed by atoms with van der Waals surface area (Å²) in [6, 6.07) is 5.77. The van der Waals surface area contributed by atoms with E-state index in [1.165, 1.54) is 0 Å². The van der Waals surface area contributed by atoms with Crippen LogP contribution in [0, 0.1) is 0 Å². The van der Waals surface area contributed by atoms with Gasteiger partial charge in [0.05, 0.1) is 15.0 Å². The molecule has 0 aliphatic heterocycles. The van der Waals surface area contributed by atoms with Crippen molar-refractivity contribution in [2.24, 2.45) is 0 Å². The van der Waals surface area contributed by atoms with Gasteiger partial charge in [-0.1, -0.05) is 6.07 Å². The van der Waals surface area contributed by atoms with Gasteiger partial charge in [-0.15, -0.1) is 0 Å². The minimum Gasteiger partial charge on any atom is -0.485 e. The Kier molecular flexibility index (Phi) is 4.47. The Morgan fingerprint density at radius 2 is 2.00 bits per heavy atom. The summed E-state index contributed by atoms with van der Waals surface area (Å²) in [5.74, 6) is 0.758. The fourth-order valence-corrected chi connectivity index (χ4v) is 3.02. The van der Waals surface area contributed by atoms with Crippen molar-refractivity contribution in [3.8, 4) is 5.75 Å². The zero-order chi connectivity index (χ0) is 12.4. The van der Waals surface area contributed by atoms with Crippen molar-refractivity contribution in [1.29, 1.82) is 0 Å². The molecule has 17 heavy (non-hydrogen) atoms. The molecule has 1 aromatic carbocycles. The molecule has 0 amide bonds. The van der Waals surface area contributed by atoms with Crippen molar-refractivity contribution >= 4 is 31.9 Å². The minimum atomic E-state index is -0.416. The molecule has 0 bridgehead atoms.